The van der Waals surface area contributed by atoms with Crippen LogP contribution in [0.3, 0.4) is 0 Å². The number of aryl methyl sites for hydroxylation is 1. The number of anilines is 1. The van der Waals surface area contributed by atoms with Crippen LogP contribution in [0.4, 0.5) is 5.69 Å². The Kier molecular flexibility index (Phi) is 5.07. The fourth-order valence-corrected chi connectivity index (χ4v) is 2.59. The van der Waals surface area contributed by atoms with E-state index in [0.717, 1.165) is 5.56 Å². The summed E-state index contributed by atoms with van der Waals surface area (Å²) in [7, 11) is 0. The van der Waals surface area contributed by atoms with Crippen molar-refractivity contribution < 1.29 is 14.0 Å². The summed E-state index contributed by atoms with van der Waals surface area (Å²) >= 11 is 0. The fourth-order valence-electron chi connectivity index (χ4n) is 2.59. The van der Waals surface area contributed by atoms with Crippen molar-refractivity contribution in [1.29, 1.82) is 0 Å². The SMILES string of the molecule is Cc1oc2nc[nH]c(=O)c2c1C(=O)NCc1ccc(NC(=O)C(C)C)cc1. The standard InChI is InChI=1S/C19H20N4O4/c1-10(2)16(24)23-13-6-4-12(5-7-13)8-20-17(25)14-11(3)27-19-15(14)18(26)21-9-22-19/h4-7,9-10H,8H2,1-3H3,(H,20,25)(H,23,24)(H,21,22,26). The second-order valence-corrected chi connectivity index (χ2v) is 6.47. The van der Waals surface area contributed by atoms with Gasteiger partial charge in [-0.15, -0.1) is 0 Å². The minimum absolute atomic E-state index is 0.0582. The van der Waals surface area contributed by atoms with Gasteiger partial charge in [-0.1, -0.05) is 26.0 Å². The minimum atomic E-state index is -0.424. The van der Waals surface area contributed by atoms with E-state index in [0.29, 0.717) is 11.4 Å². The second kappa shape index (κ2) is 7.45. The molecule has 3 aromatic rings. The smallest absolute Gasteiger partial charge is 0.262 e. The molecule has 140 valence electrons. The van der Waals surface area contributed by atoms with E-state index >= 15 is 0 Å². The zero-order valence-electron chi connectivity index (χ0n) is 15.3. The molecule has 8 heteroatoms. The van der Waals surface area contributed by atoms with Crippen LogP contribution in [0.1, 0.15) is 35.5 Å². The molecule has 2 amide bonds. The second-order valence-electron chi connectivity index (χ2n) is 6.47. The summed E-state index contributed by atoms with van der Waals surface area (Å²) in [5.41, 5.74) is 1.43. The number of nitrogens with one attached hydrogen (secondary N) is 3. The number of furan rings is 1. The lowest BCUT2D eigenvalue weighted by molar-refractivity contribution is -0.118. The number of aromatic nitrogens is 2. The van der Waals surface area contributed by atoms with Crippen LogP contribution in [0, 0.1) is 12.8 Å². The van der Waals surface area contributed by atoms with Crippen molar-refractivity contribution in [2.24, 2.45) is 5.92 Å². The summed E-state index contributed by atoms with van der Waals surface area (Å²) in [4.78, 5) is 42.6. The van der Waals surface area contributed by atoms with Crippen LogP contribution in [0.15, 0.2) is 39.8 Å². The maximum Gasteiger partial charge on any atom is 0.262 e. The molecule has 0 saturated heterocycles. The zero-order valence-corrected chi connectivity index (χ0v) is 15.3. The number of amides is 2. The molecule has 3 N–H and O–H groups in total. The molecule has 0 unspecified atom stereocenters. The van der Waals surface area contributed by atoms with Gasteiger partial charge in [0.25, 0.3) is 11.5 Å². The molecule has 3 rings (SSSR count). The Morgan fingerprint density at radius 2 is 1.93 bits per heavy atom. The van der Waals surface area contributed by atoms with Crippen LogP contribution in [-0.4, -0.2) is 21.8 Å². The average molecular weight is 368 g/mol. The first-order valence-corrected chi connectivity index (χ1v) is 8.51. The molecular weight excluding hydrogens is 348 g/mol. The molecule has 27 heavy (non-hydrogen) atoms. The van der Waals surface area contributed by atoms with Gasteiger partial charge < -0.3 is 20.0 Å². The third-order valence-corrected chi connectivity index (χ3v) is 4.10. The van der Waals surface area contributed by atoms with Gasteiger partial charge in [0.1, 0.15) is 11.1 Å². The van der Waals surface area contributed by atoms with Crippen LogP contribution in [0.25, 0.3) is 11.1 Å². The lowest BCUT2D eigenvalue weighted by atomic mass is 10.1. The van der Waals surface area contributed by atoms with Gasteiger partial charge in [-0.2, -0.15) is 0 Å². The first-order valence-electron chi connectivity index (χ1n) is 8.51. The number of hydrogen-bond acceptors (Lipinski definition) is 5. The molecule has 8 nitrogen and oxygen atoms in total. The summed E-state index contributed by atoms with van der Waals surface area (Å²) in [6.07, 6.45) is 1.23. The van der Waals surface area contributed by atoms with Gasteiger partial charge in [0, 0.05) is 18.2 Å². The molecule has 2 aromatic heterocycles. The summed E-state index contributed by atoms with van der Waals surface area (Å²) < 4.78 is 5.39. The van der Waals surface area contributed by atoms with Crippen molar-refractivity contribution >= 4 is 28.6 Å². The van der Waals surface area contributed by atoms with E-state index in [-0.39, 0.29) is 35.0 Å². The molecule has 0 aliphatic heterocycles. The van der Waals surface area contributed by atoms with E-state index in [2.05, 4.69) is 20.6 Å². The zero-order chi connectivity index (χ0) is 19.6. The molecule has 0 saturated carbocycles. The Hall–Kier alpha value is -3.42. The Morgan fingerprint density at radius 3 is 2.59 bits per heavy atom. The predicted molar refractivity (Wildman–Crippen MR) is 100 cm³/mol. The van der Waals surface area contributed by atoms with Crippen molar-refractivity contribution in [2.75, 3.05) is 5.32 Å². The third-order valence-electron chi connectivity index (χ3n) is 4.10. The number of aromatic amines is 1. The number of hydrogen-bond donors (Lipinski definition) is 3. The Morgan fingerprint density at radius 1 is 1.22 bits per heavy atom. The van der Waals surface area contributed by atoms with Crippen LogP contribution >= 0.6 is 0 Å². The molecule has 2 heterocycles. The Balaban J connectivity index is 1.71. The minimum Gasteiger partial charge on any atom is -0.442 e. The highest BCUT2D eigenvalue weighted by Crippen LogP contribution is 2.20. The quantitative estimate of drug-likeness (QED) is 0.639. The highest BCUT2D eigenvalue weighted by atomic mass is 16.3. The number of rotatable bonds is 5. The monoisotopic (exact) mass is 368 g/mol. The van der Waals surface area contributed by atoms with E-state index < -0.39 is 11.5 Å². The van der Waals surface area contributed by atoms with Gasteiger partial charge in [0.2, 0.25) is 11.6 Å². The van der Waals surface area contributed by atoms with E-state index in [4.69, 9.17) is 4.42 Å². The number of nitrogens with zero attached hydrogens (tertiary/aromatic N) is 1. The topological polar surface area (TPSA) is 117 Å². The van der Waals surface area contributed by atoms with Crippen LogP contribution in [0.5, 0.6) is 0 Å². The van der Waals surface area contributed by atoms with Crippen LogP contribution in [-0.2, 0) is 11.3 Å². The number of H-pyrrole nitrogens is 1. The highest BCUT2D eigenvalue weighted by Gasteiger charge is 2.21. The van der Waals surface area contributed by atoms with Gasteiger partial charge in [0.15, 0.2) is 0 Å². The lowest BCUT2D eigenvalue weighted by Crippen LogP contribution is -2.24. The Labute approximate surface area is 155 Å². The largest absolute Gasteiger partial charge is 0.442 e. The van der Waals surface area contributed by atoms with Gasteiger partial charge >= 0.3 is 0 Å². The lowest BCUT2D eigenvalue weighted by Gasteiger charge is -2.09. The molecule has 0 atom stereocenters. The first-order chi connectivity index (χ1) is 12.9. The normalized spacial score (nSPS) is 11.0. The molecule has 1 aromatic carbocycles. The van der Waals surface area contributed by atoms with E-state index in [1.54, 1.807) is 19.1 Å². The Bertz CT molecular complexity index is 1050. The molecule has 0 radical (unpaired) electrons. The molecule has 0 fully saturated rings. The van der Waals surface area contributed by atoms with Crippen molar-refractivity contribution in [2.45, 2.75) is 27.3 Å². The van der Waals surface area contributed by atoms with Crippen LogP contribution in [0.2, 0.25) is 0 Å². The number of carbonyl (C=O) groups is 2. The fraction of sp³-hybridized carbons (Fsp3) is 0.263. The van der Waals surface area contributed by atoms with Gasteiger partial charge in [-0.3, -0.25) is 14.4 Å². The predicted octanol–water partition coefficient (Wildman–Crippen LogP) is 2.35. The van der Waals surface area contributed by atoms with E-state index in [9.17, 15) is 14.4 Å². The maximum absolute atomic E-state index is 12.5. The summed E-state index contributed by atoms with van der Waals surface area (Å²) in [5, 5.41) is 5.72. The molecule has 0 bridgehead atoms. The van der Waals surface area contributed by atoms with E-state index in [1.165, 1.54) is 6.33 Å². The highest BCUT2D eigenvalue weighted by molar-refractivity contribution is 6.06. The van der Waals surface area contributed by atoms with Crippen molar-refractivity contribution in [3.05, 3.63) is 57.8 Å². The molecular formula is C19H20N4O4. The number of benzene rings is 1. The van der Waals surface area contributed by atoms with Crippen molar-refractivity contribution in [1.82, 2.24) is 15.3 Å². The maximum atomic E-state index is 12.5. The van der Waals surface area contributed by atoms with Crippen molar-refractivity contribution in [3.8, 4) is 0 Å². The first kappa shape index (κ1) is 18.4. The van der Waals surface area contributed by atoms with Gasteiger partial charge in [-0.05, 0) is 24.6 Å². The summed E-state index contributed by atoms with van der Waals surface area (Å²) in [5.74, 6) is -0.243. The summed E-state index contributed by atoms with van der Waals surface area (Å²) in [6, 6.07) is 7.17. The van der Waals surface area contributed by atoms with E-state index in [1.807, 2.05) is 26.0 Å². The molecule has 0 spiro atoms. The van der Waals surface area contributed by atoms with Crippen LogP contribution < -0.4 is 16.2 Å². The van der Waals surface area contributed by atoms with Gasteiger partial charge in [0.05, 0.1) is 11.9 Å². The van der Waals surface area contributed by atoms with Gasteiger partial charge in [-0.25, -0.2) is 4.98 Å². The molecule has 0 aliphatic carbocycles. The summed E-state index contributed by atoms with van der Waals surface area (Å²) in [6.45, 7) is 5.52. The number of fused-ring (bicyclic) bond motifs is 1. The average Bonchev–Trinajstić information content (AvgIpc) is 2.98. The molecule has 0 aliphatic rings. The van der Waals surface area contributed by atoms with Crippen molar-refractivity contribution in [3.63, 3.8) is 0 Å². The number of carbonyl (C=O) groups excluding carboxylic acids is 2. The third kappa shape index (κ3) is 3.89.